The van der Waals surface area contributed by atoms with Crippen LogP contribution in [0.4, 0.5) is 4.39 Å². The van der Waals surface area contributed by atoms with Gasteiger partial charge in [0.1, 0.15) is 17.6 Å². The van der Waals surface area contributed by atoms with Crippen molar-refractivity contribution in [2.24, 2.45) is 5.92 Å². The molecule has 162 valence electrons. The quantitative estimate of drug-likeness (QED) is 0.597. The van der Waals surface area contributed by atoms with E-state index in [0.29, 0.717) is 22.3 Å². The molecular formula is C22H25Cl2FN2O3. The molecule has 2 aromatic carbocycles. The number of nitrogens with zero attached hydrogens (tertiary/aromatic N) is 1. The number of carbonyl (C=O) groups is 2. The van der Waals surface area contributed by atoms with E-state index in [9.17, 15) is 14.0 Å². The Morgan fingerprint density at radius 3 is 2.33 bits per heavy atom. The van der Waals surface area contributed by atoms with Crippen molar-refractivity contribution >= 4 is 35.0 Å². The molecule has 0 aliphatic heterocycles. The first kappa shape index (κ1) is 24.0. The highest BCUT2D eigenvalue weighted by molar-refractivity contribution is 6.42. The molecule has 0 fully saturated rings. The number of hydrogen-bond donors (Lipinski definition) is 1. The second-order valence-electron chi connectivity index (χ2n) is 7.33. The molecule has 0 radical (unpaired) electrons. The third kappa shape index (κ3) is 7.18. The lowest BCUT2D eigenvalue weighted by Crippen LogP contribution is -2.49. The van der Waals surface area contributed by atoms with Crippen LogP contribution in [0, 0.1) is 11.7 Å². The van der Waals surface area contributed by atoms with Gasteiger partial charge >= 0.3 is 0 Å². The highest BCUT2D eigenvalue weighted by Gasteiger charge is 2.26. The van der Waals surface area contributed by atoms with E-state index in [4.69, 9.17) is 27.9 Å². The smallest absolute Gasteiger partial charge is 0.261 e. The Hall–Kier alpha value is -2.31. The van der Waals surface area contributed by atoms with Crippen molar-refractivity contribution < 1.29 is 18.7 Å². The second-order valence-corrected chi connectivity index (χ2v) is 8.14. The number of halogens is 3. The van der Waals surface area contributed by atoms with Crippen molar-refractivity contribution in [1.29, 1.82) is 0 Å². The molecule has 0 saturated carbocycles. The Labute approximate surface area is 186 Å². The minimum absolute atomic E-state index is 0.152. The fourth-order valence-corrected chi connectivity index (χ4v) is 2.95. The third-order valence-electron chi connectivity index (χ3n) is 4.36. The molecule has 0 aromatic heterocycles. The van der Waals surface area contributed by atoms with Gasteiger partial charge in [-0.25, -0.2) is 4.39 Å². The molecule has 1 atom stereocenters. The molecule has 2 rings (SSSR count). The average Bonchev–Trinajstić information content (AvgIpc) is 2.71. The summed E-state index contributed by atoms with van der Waals surface area (Å²) in [5.41, 5.74) is 0.725. The predicted molar refractivity (Wildman–Crippen MR) is 116 cm³/mol. The number of hydrogen-bond acceptors (Lipinski definition) is 3. The van der Waals surface area contributed by atoms with E-state index in [1.54, 1.807) is 25.1 Å². The molecule has 1 N–H and O–H groups in total. The maximum absolute atomic E-state index is 13.0. The summed E-state index contributed by atoms with van der Waals surface area (Å²) in [6.07, 6.45) is 0. The van der Waals surface area contributed by atoms with Gasteiger partial charge in [-0.1, -0.05) is 43.1 Å². The molecule has 0 aliphatic carbocycles. The molecule has 0 saturated heterocycles. The summed E-state index contributed by atoms with van der Waals surface area (Å²) in [4.78, 5) is 26.9. The van der Waals surface area contributed by atoms with Crippen molar-refractivity contribution in [3.8, 4) is 5.75 Å². The summed E-state index contributed by atoms with van der Waals surface area (Å²) >= 11 is 12.1. The average molecular weight is 455 g/mol. The number of carbonyl (C=O) groups excluding carboxylic acids is 2. The normalized spacial score (nSPS) is 11.8. The Kier molecular flexibility index (Phi) is 8.93. The summed E-state index contributed by atoms with van der Waals surface area (Å²) in [5, 5.41) is 3.61. The van der Waals surface area contributed by atoms with E-state index in [1.165, 1.54) is 29.2 Å². The van der Waals surface area contributed by atoms with Gasteiger partial charge in [-0.05, 0) is 54.8 Å². The molecular weight excluding hydrogens is 430 g/mol. The van der Waals surface area contributed by atoms with Crippen molar-refractivity contribution in [3.63, 3.8) is 0 Å². The summed E-state index contributed by atoms with van der Waals surface area (Å²) < 4.78 is 18.5. The molecule has 0 heterocycles. The lowest BCUT2D eigenvalue weighted by molar-refractivity contribution is -0.142. The van der Waals surface area contributed by atoms with Gasteiger partial charge in [-0.3, -0.25) is 9.59 Å². The van der Waals surface area contributed by atoms with Crippen LogP contribution in [0.15, 0.2) is 42.5 Å². The lowest BCUT2D eigenvalue weighted by Gasteiger charge is -2.29. The van der Waals surface area contributed by atoms with E-state index in [-0.39, 0.29) is 25.0 Å². The van der Waals surface area contributed by atoms with Gasteiger partial charge in [0.25, 0.3) is 5.91 Å². The Morgan fingerprint density at radius 1 is 1.07 bits per heavy atom. The van der Waals surface area contributed by atoms with Crippen LogP contribution in [-0.4, -0.2) is 35.9 Å². The topological polar surface area (TPSA) is 58.6 Å². The molecule has 1 unspecified atom stereocenters. The highest BCUT2D eigenvalue weighted by atomic mass is 35.5. The van der Waals surface area contributed by atoms with Crippen molar-refractivity contribution in [2.45, 2.75) is 33.4 Å². The second kappa shape index (κ2) is 11.2. The van der Waals surface area contributed by atoms with E-state index in [0.717, 1.165) is 5.56 Å². The van der Waals surface area contributed by atoms with E-state index < -0.39 is 17.8 Å². The number of ether oxygens (including phenoxy) is 1. The van der Waals surface area contributed by atoms with Crippen LogP contribution >= 0.6 is 23.2 Å². The van der Waals surface area contributed by atoms with Gasteiger partial charge in [0.2, 0.25) is 5.91 Å². The molecule has 2 aromatic rings. The maximum atomic E-state index is 13.0. The molecule has 0 bridgehead atoms. The van der Waals surface area contributed by atoms with Crippen LogP contribution in [0.3, 0.4) is 0 Å². The molecule has 0 spiro atoms. The number of amides is 2. The van der Waals surface area contributed by atoms with Crippen LogP contribution in [0.1, 0.15) is 26.3 Å². The summed E-state index contributed by atoms with van der Waals surface area (Å²) in [6.45, 7) is 5.99. The monoisotopic (exact) mass is 454 g/mol. The SMILES string of the molecule is CC(C)CNC(=O)C(C)N(Cc1ccc(Cl)c(Cl)c1)C(=O)COc1ccc(F)cc1. The zero-order chi connectivity index (χ0) is 22.3. The van der Waals surface area contributed by atoms with E-state index in [2.05, 4.69) is 5.32 Å². The minimum atomic E-state index is -0.734. The van der Waals surface area contributed by atoms with Crippen LogP contribution in [0.25, 0.3) is 0 Å². The Balaban J connectivity index is 2.15. The first-order valence-electron chi connectivity index (χ1n) is 9.57. The molecule has 30 heavy (non-hydrogen) atoms. The van der Waals surface area contributed by atoms with Gasteiger partial charge in [0.15, 0.2) is 6.61 Å². The highest BCUT2D eigenvalue weighted by Crippen LogP contribution is 2.24. The maximum Gasteiger partial charge on any atom is 0.261 e. The predicted octanol–water partition coefficient (Wildman–Crippen LogP) is 4.70. The van der Waals surface area contributed by atoms with Crippen LogP contribution < -0.4 is 10.1 Å². The third-order valence-corrected chi connectivity index (χ3v) is 5.10. The summed E-state index contributed by atoms with van der Waals surface area (Å²) in [5.74, 6) is -0.416. The van der Waals surface area contributed by atoms with E-state index in [1.807, 2.05) is 13.8 Å². The Bertz CT molecular complexity index is 875. The zero-order valence-electron chi connectivity index (χ0n) is 17.1. The lowest BCUT2D eigenvalue weighted by atomic mass is 10.1. The van der Waals surface area contributed by atoms with Crippen molar-refractivity contribution in [1.82, 2.24) is 10.2 Å². The zero-order valence-corrected chi connectivity index (χ0v) is 18.6. The molecule has 8 heteroatoms. The molecule has 5 nitrogen and oxygen atoms in total. The first-order chi connectivity index (χ1) is 14.2. The largest absolute Gasteiger partial charge is 0.484 e. The van der Waals surface area contributed by atoms with Crippen LogP contribution in [0.2, 0.25) is 10.0 Å². The van der Waals surface area contributed by atoms with Gasteiger partial charge < -0.3 is 15.0 Å². The van der Waals surface area contributed by atoms with Gasteiger partial charge in [-0.15, -0.1) is 0 Å². The van der Waals surface area contributed by atoms with Crippen molar-refractivity contribution in [3.05, 3.63) is 63.9 Å². The van der Waals surface area contributed by atoms with Gasteiger partial charge in [0.05, 0.1) is 10.0 Å². The van der Waals surface area contributed by atoms with Gasteiger partial charge in [-0.2, -0.15) is 0 Å². The molecule has 2 amide bonds. The van der Waals surface area contributed by atoms with Gasteiger partial charge in [0, 0.05) is 13.1 Å². The Morgan fingerprint density at radius 2 is 1.73 bits per heavy atom. The summed E-state index contributed by atoms with van der Waals surface area (Å²) in [6, 6.07) is 9.67. The van der Waals surface area contributed by atoms with E-state index >= 15 is 0 Å². The number of rotatable bonds is 9. The van der Waals surface area contributed by atoms with Crippen LogP contribution in [0.5, 0.6) is 5.75 Å². The molecule has 0 aliphatic rings. The fraction of sp³-hybridized carbons (Fsp3) is 0.364. The number of benzene rings is 2. The fourth-order valence-electron chi connectivity index (χ4n) is 2.63. The number of nitrogens with one attached hydrogen (secondary N) is 1. The minimum Gasteiger partial charge on any atom is -0.484 e. The van der Waals surface area contributed by atoms with Crippen LogP contribution in [-0.2, 0) is 16.1 Å². The van der Waals surface area contributed by atoms with Crippen molar-refractivity contribution in [2.75, 3.05) is 13.2 Å². The summed E-state index contributed by atoms with van der Waals surface area (Å²) in [7, 11) is 0. The first-order valence-corrected chi connectivity index (χ1v) is 10.3. The standard InChI is InChI=1S/C22H25Cl2FN2O3/c1-14(2)11-26-22(29)15(3)27(12-16-4-9-19(23)20(24)10-16)21(28)13-30-18-7-5-17(25)6-8-18/h4-10,14-15H,11-13H2,1-3H3,(H,26,29).